The zero-order valence-electron chi connectivity index (χ0n) is 12.1. The number of anilines is 1. The van der Waals surface area contributed by atoms with Crippen LogP contribution in [0.3, 0.4) is 0 Å². The highest BCUT2D eigenvalue weighted by Crippen LogP contribution is 2.22. The van der Waals surface area contributed by atoms with E-state index in [0.717, 1.165) is 6.07 Å². The van der Waals surface area contributed by atoms with Crippen molar-refractivity contribution in [3.05, 3.63) is 58.9 Å². The number of nitrogens with zero attached hydrogens (tertiary/aromatic N) is 3. The molecule has 9 heteroatoms. The minimum absolute atomic E-state index is 0.151. The highest BCUT2D eigenvalue weighted by atomic mass is 35.5. The number of benzene rings is 1. The lowest BCUT2D eigenvalue weighted by Crippen LogP contribution is -2.31. The Bertz CT molecular complexity index is 904. The number of hydrogen-bond acceptors (Lipinski definition) is 5. The normalized spacial score (nSPS) is 10.6. The predicted octanol–water partition coefficient (Wildman–Crippen LogP) is 2.64. The summed E-state index contributed by atoms with van der Waals surface area (Å²) >= 11 is 5.59. The molecule has 24 heavy (non-hydrogen) atoms. The van der Waals surface area contributed by atoms with Crippen molar-refractivity contribution in [1.29, 1.82) is 0 Å². The third-order valence-electron chi connectivity index (χ3n) is 3.19. The van der Waals surface area contributed by atoms with Gasteiger partial charge in [-0.05, 0) is 24.3 Å². The molecule has 3 rings (SSSR count). The fourth-order valence-electron chi connectivity index (χ4n) is 2.08. The summed E-state index contributed by atoms with van der Waals surface area (Å²) in [5.74, 6) is -2.05. The molecular formula is C15H10ClF2N5O. The quantitative estimate of drug-likeness (QED) is 0.708. The van der Waals surface area contributed by atoms with Crippen LogP contribution in [0, 0.1) is 11.6 Å². The van der Waals surface area contributed by atoms with Crippen LogP contribution in [-0.4, -0.2) is 21.1 Å². The van der Waals surface area contributed by atoms with Crippen LogP contribution >= 0.6 is 11.6 Å². The summed E-state index contributed by atoms with van der Waals surface area (Å²) in [7, 11) is 0. The van der Waals surface area contributed by atoms with Gasteiger partial charge in [0.2, 0.25) is 5.91 Å². The molecule has 6 nitrogen and oxygen atoms in total. The zero-order chi connectivity index (χ0) is 17.1. The van der Waals surface area contributed by atoms with Crippen molar-refractivity contribution < 1.29 is 13.6 Å². The van der Waals surface area contributed by atoms with E-state index in [9.17, 15) is 13.6 Å². The van der Waals surface area contributed by atoms with Crippen LogP contribution in [0.4, 0.5) is 14.6 Å². The lowest BCUT2D eigenvalue weighted by atomic mass is 10.1. The van der Waals surface area contributed by atoms with Crippen LogP contribution in [-0.2, 0) is 11.2 Å². The molecule has 0 fully saturated rings. The molecule has 0 spiro atoms. The third kappa shape index (κ3) is 3.38. The molecule has 0 saturated carbocycles. The minimum atomic E-state index is -0.833. The summed E-state index contributed by atoms with van der Waals surface area (Å²) in [4.78, 5) is 15.8. The van der Waals surface area contributed by atoms with Crippen molar-refractivity contribution in [2.75, 3.05) is 5.43 Å². The minimum Gasteiger partial charge on any atom is -0.280 e. The third-order valence-corrected chi connectivity index (χ3v) is 3.39. The van der Waals surface area contributed by atoms with Crippen LogP contribution in [0.5, 0.6) is 0 Å². The Balaban J connectivity index is 1.74. The van der Waals surface area contributed by atoms with Gasteiger partial charge in [0.1, 0.15) is 11.6 Å². The molecule has 0 aliphatic carbocycles. The average Bonchev–Trinajstić information content (AvgIpc) is 2.58. The van der Waals surface area contributed by atoms with Crippen LogP contribution in [0.15, 0.2) is 36.5 Å². The number of rotatable bonds is 4. The molecule has 0 aliphatic heterocycles. The van der Waals surface area contributed by atoms with E-state index in [4.69, 9.17) is 11.6 Å². The molecule has 0 unspecified atom stereocenters. The fourth-order valence-corrected chi connectivity index (χ4v) is 2.18. The molecule has 2 aromatic heterocycles. The highest BCUT2D eigenvalue weighted by molar-refractivity contribution is 6.29. The van der Waals surface area contributed by atoms with Crippen LogP contribution < -0.4 is 10.9 Å². The number of aromatic nitrogens is 3. The van der Waals surface area contributed by atoms with Gasteiger partial charge >= 0.3 is 0 Å². The average molecular weight is 350 g/mol. The van der Waals surface area contributed by atoms with E-state index in [-0.39, 0.29) is 27.4 Å². The largest absolute Gasteiger partial charge is 0.280 e. The van der Waals surface area contributed by atoms with Crippen molar-refractivity contribution in [2.45, 2.75) is 6.42 Å². The number of hydrazine groups is 1. The lowest BCUT2D eigenvalue weighted by molar-refractivity contribution is -0.120. The van der Waals surface area contributed by atoms with Gasteiger partial charge in [-0.2, -0.15) is 0 Å². The van der Waals surface area contributed by atoms with Crippen LogP contribution in [0.1, 0.15) is 5.56 Å². The number of fused-ring (bicyclic) bond motifs is 1. The van der Waals surface area contributed by atoms with Crippen molar-refractivity contribution >= 4 is 34.2 Å². The highest BCUT2D eigenvalue weighted by Gasteiger charge is 2.17. The Morgan fingerprint density at radius 3 is 2.79 bits per heavy atom. The summed E-state index contributed by atoms with van der Waals surface area (Å²) < 4.78 is 28.4. The van der Waals surface area contributed by atoms with E-state index in [2.05, 4.69) is 26.0 Å². The molecule has 122 valence electrons. The first-order valence-corrected chi connectivity index (χ1v) is 7.18. The number of halogens is 3. The van der Waals surface area contributed by atoms with Gasteiger partial charge in [0.25, 0.3) is 0 Å². The van der Waals surface area contributed by atoms with Crippen molar-refractivity contribution in [1.82, 2.24) is 20.6 Å². The van der Waals surface area contributed by atoms with E-state index in [0.29, 0.717) is 0 Å². The maximum absolute atomic E-state index is 14.4. The maximum atomic E-state index is 14.4. The monoisotopic (exact) mass is 349 g/mol. The number of carbonyl (C=O) groups is 1. The molecule has 1 amide bonds. The Kier molecular flexibility index (Phi) is 4.48. The number of amides is 1. The Morgan fingerprint density at radius 2 is 2.04 bits per heavy atom. The summed E-state index contributed by atoms with van der Waals surface area (Å²) in [5, 5.41) is 7.59. The van der Waals surface area contributed by atoms with Gasteiger partial charge in [-0.15, -0.1) is 10.2 Å². The SMILES string of the molecule is O=C(Cc1c(F)cc2ncccc2c1F)NNc1ccc(Cl)nn1. The van der Waals surface area contributed by atoms with E-state index < -0.39 is 24.0 Å². The number of nitrogens with one attached hydrogen (secondary N) is 2. The van der Waals surface area contributed by atoms with Gasteiger partial charge in [0, 0.05) is 23.2 Å². The second kappa shape index (κ2) is 6.71. The predicted molar refractivity (Wildman–Crippen MR) is 84.2 cm³/mol. The van der Waals surface area contributed by atoms with Crippen molar-refractivity contribution in [3.8, 4) is 0 Å². The molecule has 2 N–H and O–H groups in total. The van der Waals surface area contributed by atoms with Gasteiger partial charge in [-0.3, -0.25) is 20.6 Å². The van der Waals surface area contributed by atoms with E-state index in [1.54, 1.807) is 0 Å². The molecule has 1 aromatic carbocycles. The van der Waals surface area contributed by atoms with E-state index >= 15 is 0 Å². The van der Waals surface area contributed by atoms with Crippen molar-refractivity contribution in [3.63, 3.8) is 0 Å². The molecule has 0 bridgehead atoms. The molecule has 0 aliphatic rings. The number of carbonyl (C=O) groups excluding carboxylic acids is 1. The summed E-state index contributed by atoms with van der Waals surface area (Å²) in [5.41, 5.74) is 4.62. The van der Waals surface area contributed by atoms with Gasteiger partial charge in [-0.25, -0.2) is 8.78 Å². The first-order chi connectivity index (χ1) is 11.5. The summed E-state index contributed by atoms with van der Waals surface area (Å²) in [6.45, 7) is 0. The summed E-state index contributed by atoms with van der Waals surface area (Å²) in [6.07, 6.45) is 0.946. The van der Waals surface area contributed by atoms with Gasteiger partial charge < -0.3 is 0 Å². The second-order valence-corrected chi connectivity index (χ2v) is 5.20. The zero-order valence-corrected chi connectivity index (χ0v) is 12.8. The Labute approximate surface area is 139 Å². The van der Waals surface area contributed by atoms with E-state index in [1.165, 1.54) is 30.5 Å². The van der Waals surface area contributed by atoms with Crippen LogP contribution in [0.2, 0.25) is 5.15 Å². The molecule has 3 aromatic rings. The lowest BCUT2D eigenvalue weighted by Gasteiger charge is -2.10. The van der Waals surface area contributed by atoms with Gasteiger partial charge in [0.05, 0.1) is 11.9 Å². The van der Waals surface area contributed by atoms with E-state index in [1.807, 2.05) is 0 Å². The van der Waals surface area contributed by atoms with Gasteiger partial charge in [0.15, 0.2) is 11.0 Å². The maximum Gasteiger partial charge on any atom is 0.242 e. The van der Waals surface area contributed by atoms with Crippen molar-refractivity contribution in [2.24, 2.45) is 0 Å². The van der Waals surface area contributed by atoms with Gasteiger partial charge in [-0.1, -0.05) is 11.6 Å². The topological polar surface area (TPSA) is 79.8 Å². The molecule has 2 heterocycles. The molecule has 0 radical (unpaired) electrons. The fraction of sp³-hybridized carbons (Fsp3) is 0.0667. The first-order valence-electron chi connectivity index (χ1n) is 6.80. The number of hydrogen-bond donors (Lipinski definition) is 2. The Hall–Kier alpha value is -2.87. The second-order valence-electron chi connectivity index (χ2n) is 4.81. The van der Waals surface area contributed by atoms with Crippen LogP contribution in [0.25, 0.3) is 10.9 Å². The standard InChI is InChI=1S/C15H10ClF2N5O/c16-12-3-4-13(21-20-12)22-23-14(24)6-9-10(17)7-11-8(15(9)18)2-1-5-19-11/h1-5,7H,6H2,(H,21,22)(H,23,24). The first kappa shape index (κ1) is 16.0. The summed E-state index contributed by atoms with van der Waals surface area (Å²) in [6, 6.07) is 7.06. The molecule has 0 atom stereocenters. The molecular weight excluding hydrogens is 340 g/mol. The smallest absolute Gasteiger partial charge is 0.242 e. The Morgan fingerprint density at radius 1 is 1.21 bits per heavy atom. The number of pyridine rings is 1. The molecule has 0 saturated heterocycles.